The van der Waals surface area contributed by atoms with Crippen LogP contribution in [0.4, 0.5) is 0 Å². The average Bonchev–Trinajstić information content (AvgIpc) is 2.48. The fourth-order valence-electron chi connectivity index (χ4n) is 1.48. The molecule has 0 amide bonds. The van der Waals surface area contributed by atoms with Gasteiger partial charge in [-0.3, -0.25) is 4.79 Å². The number of hydrogen-bond acceptors (Lipinski definition) is 3. The third-order valence-electron chi connectivity index (χ3n) is 2.29. The van der Waals surface area contributed by atoms with Crippen LogP contribution in [0.25, 0.3) is 0 Å². The van der Waals surface area contributed by atoms with Gasteiger partial charge in [-0.1, -0.05) is 6.92 Å². The SMILES string of the molecule is CCCC(=O)CSC1CCOC1C. The number of ether oxygens (including phenoxy) is 1. The van der Waals surface area contributed by atoms with Gasteiger partial charge in [0.25, 0.3) is 0 Å². The summed E-state index contributed by atoms with van der Waals surface area (Å²) in [6, 6.07) is 0. The molecule has 1 saturated heterocycles. The second kappa shape index (κ2) is 5.66. The predicted molar refractivity (Wildman–Crippen MR) is 56.2 cm³/mol. The third-order valence-corrected chi connectivity index (χ3v) is 3.83. The fraction of sp³-hybridized carbons (Fsp3) is 0.900. The smallest absolute Gasteiger partial charge is 0.142 e. The molecule has 0 aromatic carbocycles. The largest absolute Gasteiger partial charge is 0.377 e. The van der Waals surface area contributed by atoms with Crippen molar-refractivity contribution in [3.63, 3.8) is 0 Å². The summed E-state index contributed by atoms with van der Waals surface area (Å²) in [6.07, 6.45) is 3.13. The van der Waals surface area contributed by atoms with Crippen LogP contribution in [0.15, 0.2) is 0 Å². The van der Waals surface area contributed by atoms with E-state index in [-0.39, 0.29) is 0 Å². The van der Waals surface area contributed by atoms with Crippen molar-refractivity contribution < 1.29 is 9.53 Å². The van der Waals surface area contributed by atoms with Gasteiger partial charge in [0.05, 0.1) is 11.9 Å². The zero-order chi connectivity index (χ0) is 9.68. The minimum atomic E-state index is 0.333. The first kappa shape index (κ1) is 11.1. The van der Waals surface area contributed by atoms with Crippen molar-refractivity contribution in [1.29, 1.82) is 0 Å². The van der Waals surface area contributed by atoms with Gasteiger partial charge < -0.3 is 4.74 Å². The van der Waals surface area contributed by atoms with Gasteiger partial charge in [0.1, 0.15) is 5.78 Å². The Balaban J connectivity index is 2.14. The molecule has 0 N–H and O–H groups in total. The van der Waals surface area contributed by atoms with Crippen LogP contribution in [-0.4, -0.2) is 29.5 Å². The van der Waals surface area contributed by atoms with E-state index >= 15 is 0 Å². The van der Waals surface area contributed by atoms with E-state index < -0.39 is 0 Å². The van der Waals surface area contributed by atoms with Crippen molar-refractivity contribution in [1.82, 2.24) is 0 Å². The Hall–Kier alpha value is -0.0200. The molecule has 0 aliphatic carbocycles. The highest BCUT2D eigenvalue weighted by Gasteiger charge is 2.24. The fourth-order valence-corrected chi connectivity index (χ4v) is 2.64. The molecule has 0 radical (unpaired) electrons. The van der Waals surface area contributed by atoms with Gasteiger partial charge in [-0.2, -0.15) is 0 Å². The zero-order valence-corrected chi connectivity index (χ0v) is 9.23. The van der Waals surface area contributed by atoms with E-state index in [9.17, 15) is 4.79 Å². The summed E-state index contributed by atoms with van der Waals surface area (Å²) in [7, 11) is 0. The molecule has 0 saturated carbocycles. The Morgan fingerprint density at radius 3 is 2.92 bits per heavy atom. The lowest BCUT2D eigenvalue weighted by atomic mass is 10.2. The van der Waals surface area contributed by atoms with Gasteiger partial charge >= 0.3 is 0 Å². The molecule has 2 nitrogen and oxygen atoms in total. The van der Waals surface area contributed by atoms with Crippen LogP contribution < -0.4 is 0 Å². The third kappa shape index (κ3) is 3.69. The summed E-state index contributed by atoms with van der Waals surface area (Å²) in [5.74, 6) is 1.05. The summed E-state index contributed by atoms with van der Waals surface area (Å²) >= 11 is 1.77. The molecule has 1 fully saturated rings. The Bertz CT molecular complexity index is 170. The second-order valence-corrected chi connectivity index (χ2v) is 4.73. The quantitative estimate of drug-likeness (QED) is 0.684. The van der Waals surface area contributed by atoms with E-state index in [0.717, 1.165) is 25.9 Å². The predicted octanol–water partition coefficient (Wildman–Crippen LogP) is 2.27. The number of carbonyl (C=O) groups is 1. The normalized spacial score (nSPS) is 27.8. The highest BCUT2D eigenvalue weighted by atomic mass is 32.2. The first-order valence-corrected chi connectivity index (χ1v) is 6.03. The molecule has 0 spiro atoms. The van der Waals surface area contributed by atoms with E-state index in [2.05, 4.69) is 6.92 Å². The number of hydrogen-bond donors (Lipinski definition) is 0. The molecule has 13 heavy (non-hydrogen) atoms. The summed E-state index contributed by atoms with van der Waals surface area (Å²) < 4.78 is 5.43. The molecule has 3 heteroatoms. The lowest BCUT2D eigenvalue weighted by Gasteiger charge is -2.12. The van der Waals surface area contributed by atoms with Crippen LogP contribution in [-0.2, 0) is 9.53 Å². The molecule has 1 aliphatic heterocycles. The van der Waals surface area contributed by atoms with Crippen molar-refractivity contribution in [2.24, 2.45) is 0 Å². The van der Waals surface area contributed by atoms with Crippen molar-refractivity contribution in [2.45, 2.75) is 44.5 Å². The van der Waals surface area contributed by atoms with Crippen LogP contribution in [0.1, 0.15) is 33.1 Å². The number of Topliss-reactive ketones (excluding diaryl/α,β-unsaturated/α-hetero) is 1. The maximum atomic E-state index is 11.2. The maximum absolute atomic E-state index is 11.2. The summed E-state index contributed by atoms with van der Waals surface area (Å²) in [6.45, 7) is 5.00. The topological polar surface area (TPSA) is 26.3 Å². The number of ketones is 1. The average molecular weight is 202 g/mol. The number of thioether (sulfide) groups is 1. The van der Waals surface area contributed by atoms with E-state index in [4.69, 9.17) is 4.74 Å². The van der Waals surface area contributed by atoms with Gasteiger partial charge in [-0.15, -0.1) is 11.8 Å². The number of rotatable bonds is 5. The Morgan fingerprint density at radius 2 is 2.38 bits per heavy atom. The summed E-state index contributed by atoms with van der Waals surface area (Å²) in [4.78, 5) is 11.2. The second-order valence-electron chi connectivity index (χ2n) is 3.50. The summed E-state index contributed by atoms with van der Waals surface area (Å²) in [5, 5.41) is 0.542. The molecule has 0 aromatic rings. The van der Waals surface area contributed by atoms with Gasteiger partial charge in [0, 0.05) is 18.3 Å². The first-order valence-electron chi connectivity index (χ1n) is 4.99. The lowest BCUT2D eigenvalue weighted by Crippen LogP contribution is -2.15. The Morgan fingerprint density at radius 1 is 1.62 bits per heavy atom. The number of carbonyl (C=O) groups excluding carboxylic acids is 1. The Labute approximate surface area is 84.4 Å². The zero-order valence-electron chi connectivity index (χ0n) is 8.41. The van der Waals surface area contributed by atoms with E-state index in [1.54, 1.807) is 11.8 Å². The lowest BCUT2D eigenvalue weighted by molar-refractivity contribution is -0.116. The standard InChI is InChI=1S/C10H18O2S/c1-3-4-9(11)7-13-10-5-6-12-8(10)2/h8,10H,3-7H2,1-2H3. The van der Waals surface area contributed by atoms with Crippen LogP contribution in [0, 0.1) is 0 Å². The van der Waals surface area contributed by atoms with E-state index in [1.165, 1.54) is 0 Å². The molecule has 1 aliphatic rings. The van der Waals surface area contributed by atoms with Crippen molar-refractivity contribution >= 4 is 17.5 Å². The molecule has 2 atom stereocenters. The molecule has 1 rings (SSSR count). The maximum Gasteiger partial charge on any atom is 0.142 e. The first-order chi connectivity index (χ1) is 6.24. The molecule has 76 valence electrons. The van der Waals surface area contributed by atoms with E-state index in [1.807, 2.05) is 6.92 Å². The van der Waals surface area contributed by atoms with Crippen molar-refractivity contribution in [3.8, 4) is 0 Å². The molecule has 1 heterocycles. The molecular weight excluding hydrogens is 184 g/mol. The minimum Gasteiger partial charge on any atom is -0.377 e. The molecule has 2 unspecified atom stereocenters. The van der Waals surface area contributed by atoms with Gasteiger partial charge in [-0.05, 0) is 19.8 Å². The van der Waals surface area contributed by atoms with Crippen LogP contribution in [0.3, 0.4) is 0 Å². The minimum absolute atomic E-state index is 0.333. The van der Waals surface area contributed by atoms with E-state index in [0.29, 0.717) is 22.9 Å². The summed E-state index contributed by atoms with van der Waals surface area (Å²) in [5.41, 5.74) is 0. The molecular formula is C10H18O2S. The van der Waals surface area contributed by atoms with Crippen LogP contribution in [0.5, 0.6) is 0 Å². The van der Waals surface area contributed by atoms with Gasteiger partial charge in [0.2, 0.25) is 0 Å². The molecule has 0 bridgehead atoms. The van der Waals surface area contributed by atoms with Gasteiger partial charge in [-0.25, -0.2) is 0 Å². The monoisotopic (exact) mass is 202 g/mol. The van der Waals surface area contributed by atoms with Gasteiger partial charge in [0.15, 0.2) is 0 Å². The van der Waals surface area contributed by atoms with Crippen molar-refractivity contribution in [2.75, 3.05) is 12.4 Å². The van der Waals surface area contributed by atoms with Crippen LogP contribution >= 0.6 is 11.8 Å². The molecule has 0 aromatic heterocycles. The highest BCUT2D eigenvalue weighted by molar-refractivity contribution is 8.00. The van der Waals surface area contributed by atoms with Crippen molar-refractivity contribution in [3.05, 3.63) is 0 Å². The Kier molecular flexibility index (Phi) is 4.81. The highest BCUT2D eigenvalue weighted by Crippen LogP contribution is 2.26. The van der Waals surface area contributed by atoms with Crippen LogP contribution in [0.2, 0.25) is 0 Å².